The number of esters is 1. The third-order valence-electron chi connectivity index (χ3n) is 6.13. The summed E-state index contributed by atoms with van der Waals surface area (Å²) < 4.78 is 20.5. The van der Waals surface area contributed by atoms with Crippen LogP contribution in [0.1, 0.15) is 41.0 Å². The zero-order valence-corrected chi connectivity index (χ0v) is 22.7. The van der Waals surface area contributed by atoms with E-state index in [-0.39, 0.29) is 23.0 Å². The van der Waals surface area contributed by atoms with Crippen LogP contribution in [0.2, 0.25) is 5.04 Å². The molecule has 2 aromatic carbocycles. The molecule has 6 heteroatoms. The molecule has 32 heavy (non-hydrogen) atoms. The molecule has 1 aliphatic heterocycles. The molecule has 0 unspecified atom stereocenters. The lowest BCUT2D eigenvalue weighted by Gasteiger charge is -2.43. The van der Waals surface area contributed by atoms with Gasteiger partial charge in [0.2, 0.25) is 6.29 Å². The highest BCUT2D eigenvalue weighted by Crippen LogP contribution is 2.37. The zero-order valence-electron chi connectivity index (χ0n) is 19.5. The summed E-state index contributed by atoms with van der Waals surface area (Å²) in [5.41, 5.74) is 0.892. The normalized spacial score (nSPS) is 22.5. The Labute approximate surface area is 206 Å². The van der Waals surface area contributed by atoms with Crippen molar-refractivity contribution >= 4 is 47.3 Å². The summed E-state index contributed by atoms with van der Waals surface area (Å²) >= 11 is 2.14. The van der Waals surface area contributed by atoms with Crippen LogP contribution in [-0.2, 0) is 18.7 Å². The van der Waals surface area contributed by atoms with Crippen molar-refractivity contribution in [3.05, 3.63) is 70.3 Å². The maximum Gasteiger partial charge on any atom is 0.313 e. The van der Waals surface area contributed by atoms with Gasteiger partial charge in [0.15, 0.2) is 0 Å². The van der Waals surface area contributed by atoms with Gasteiger partial charge in [0.05, 0.1) is 12.0 Å². The molecule has 0 aliphatic carbocycles. The molecule has 0 radical (unpaired) electrons. The molecule has 0 amide bonds. The number of rotatable bonds is 7. The molecule has 2 aromatic rings. The Morgan fingerprint density at radius 2 is 1.59 bits per heavy atom. The van der Waals surface area contributed by atoms with Crippen LogP contribution in [0.5, 0.6) is 0 Å². The first-order valence-corrected chi connectivity index (χ1v) is 14.2. The van der Waals surface area contributed by atoms with E-state index in [9.17, 15) is 4.79 Å². The van der Waals surface area contributed by atoms with Crippen molar-refractivity contribution in [2.45, 2.75) is 58.5 Å². The van der Waals surface area contributed by atoms with Gasteiger partial charge in [-0.05, 0) is 39.8 Å². The van der Waals surface area contributed by atoms with Gasteiger partial charge in [0, 0.05) is 12.2 Å². The van der Waals surface area contributed by atoms with Gasteiger partial charge in [-0.1, -0.05) is 104 Å². The molecular weight excluding hydrogens is 531 g/mol. The van der Waals surface area contributed by atoms with Crippen LogP contribution in [0.15, 0.2) is 70.3 Å². The van der Waals surface area contributed by atoms with Gasteiger partial charge in [0.25, 0.3) is 8.32 Å². The van der Waals surface area contributed by atoms with Crippen molar-refractivity contribution in [1.82, 2.24) is 0 Å². The van der Waals surface area contributed by atoms with Gasteiger partial charge in [-0.3, -0.25) is 4.79 Å². The largest absolute Gasteiger partial charge is 0.431 e. The van der Waals surface area contributed by atoms with Crippen molar-refractivity contribution in [2.75, 3.05) is 6.61 Å². The average molecular weight is 565 g/mol. The van der Waals surface area contributed by atoms with Crippen molar-refractivity contribution in [3.8, 4) is 0 Å². The minimum absolute atomic E-state index is 0.0866. The molecule has 1 saturated heterocycles. The van der Waals surface area contributed by atoms with E-state index in [0.29, 0.717) is 13.0 Å². The number of cyclic esters (lactones) is 1. The number of carbonyl (C=O) groups is 1. The van der Waals surface area contributed by atoms with Crippen LogP contribution in [0.25, 0.3) is 0 Å². The summed E-state index contributed by atoms with van der Waals surface area (Å²) in [7, 11) is -2.60. The fourth-order valence-corrected chi connectivity index (χ4v) is 9.20. The summed E-state index contributed by atoms with van der Waals surface area (Å²) in [6.45, 7) is 11.1. The van der Waals surface area contributed by atoms with Crippen molar-refractivity contribution < 1.29 is 18.7 Å². The Morgan fingerprint density at radius 1 is 1.06 bits per heavy atom. The van der Waals surface area contributed by atoms with Gasteiger partial charge >= 0.3 is 5.97 Å². The second-order valence-electron chi connectivity index (χ2n) is 9.39. The summed E-state index contributed by atoms with van der Waals surface area (Å²) in [6.07, 6.45) is -0.231. The minimum Gasteiger partial charge on any atom is -0.431 e. The van der Waals surface area contributed by atoms with Crippen LogP contribution < -0.4 is 10.4 Å². The third kappa shape index (κ3) is 5.19. The van der Waals surface area contributed by atoms with E-state index in [1.165, 1.54) is 10.4 Å². The fraction of sp³-hybridized carbons (Fsp3) is 0.423. The van der Waals surface area contributed by atoms with E-state index in [1.54, 1.807) is 0 Å². The third-order valence-corrected chi connectivity index (χ3v) is 12.2. The molecule has 1 fully saturated rings. The lowest BCUT2D eigenvalue weighted by Crippen LogP contribution is -2.66. The first kappa shape index (κ1) is 25.1. The summed E-state index contributed by atoms with van der Waals surface area (Å²) in [5, 5.41) is 2.41. The molecule has 3 atom stereocenters. The van der Waals surface area contributed by atoms with Gasteiger partial charge in [-0.15, -0.1) is 0 Å². The predicted molar refractivity (Wildman–Crippen MR) is 140 cm³/mol. The maximum absolute atomic E-state index is 12.4. The van der Waals surface area contributed by atoms with Gasteiger partial charge in [-0.2, -0.15) is 0 Å². The highest BCUT2D eigenvalue weighted by atomic mass is 127. The lowest BCUT2D eigenvalue weighted by atomic mass is 10.0. The van der Waals surface area contributed by atoms with Crippen molar-refractivity contribution in [3.63, 3.8) is 0 Å². The molecule has 4 nitrogen and oxygen atoms in total. The lowest BCUT2D eigenvalue weighted by molar-refractivity contribution is -0.218. The Morgan fingerprint density at radius 3 is 2.06 bits per heavy atom. The van der Waals surface area contributed by atoms with Gasteiger partial charge in [-0.25, -0.2) is 0 Å². The highest BCUT2D eigenvalue weighted by Gasteiger charge is 2.50. The highest BCUT2D eigenvalue weighted by molar-refractivity contribution is 14.1. The molecule has 172 valence electrons. The molecule has 0 saturated carbocycles. The van der Waals surface area contributed by atoms with Gasteiger partial charge < -0.3 is 13.9 Å². The molecule has 0 bridgehead atoms. The van der Waals surface area contributed by atoms with E-state index in [0.717, 1.165) is 5.57 Å². The Balaban J connectivity index is 1.89. The number of hydrogen-bond donors (Lipinski definition) is 0. The second kappa shape index (κ2) is 10.6. The van der Waals surface area contributed by atoms with Crippen LogP contribution in [-0.4, -0.2) is 33.3 Å². The van der Waals surface area contributed by atoms with Crippen LogP contribution in [0.3, 0.4) is 0 Å². The number of hydrogen-bond acceptors (Lipinski definition) is 4. The van der Waals surface area contributed by atoms with E-state index in [2.05, 4.69) is 91.9 Å². The molecule has 1 aliphatic rings. The standard InChI is InChI=1S/C26H33IO4Si/c1-19(18-27)25-30-23(20(2)24(28)31-25)16-17-29-32(26(3,4)5,21-12-8-6-9-13-21)22-14-10-7-11-15-22/h6-15,18,20,23,25H,16-17H2,1-5H3/b19-18+/t20-,23+,25+/m0/s1. The van der Waals surface area contributed by atoms with Crippen molar-refractivity contribution in [2.24, 2.45) is 5.92 Å². The topological polar surface area (TPSA) is 44.8 Å². The van der Waals surface area contributed by atoms with E-state index >= 15 is 0 Å². The molecule has 0 aromatic heterocycles. The summed E-state index contributed by atoms with van der Waals surface area (Å²) in [6, 6.07) is 21.2. The SMILES string of the molecule is C/C(=C\I)[C@H]1OC(=O)[C@@H](C)[C@@H](CCO[Si](c2ccccc2)(c2ccccc2)C(C)(C)C)O1. The Kier molecular flexibility index (Phi) is 8.35. The van der Waals surface area contributed by atoms with Crippen LogP contribution >= 0.6 is 22.6 Å². The number of halogens is 1. The molecule has 3 rings (SSSR count). The van der Waals surface area contributed by atoms with Crippen molar-refractivity contribution in [1.29, 1.82) is 0 Å². The zero-order chi connectivity index (χ0) is 23.4. The van der Waals surface area contributed by atoms with E-state index < -0.39 is 14.6 Å². The quantitative estimate of drug-likeness (QED) is 0.264. The Bertz CT molecular complexity index is 884. The predicted octanol–water partition coefficient (Wildman–Crippen LogP) is 5.20. The molecule has 0 spiro atoms. The Hall–Kier alpha value is -1.48. The minimum atomic E-state index is -2.60. The smallest absolute Gasteiger partial charge is 0.313 e. The second-order valence-corrected chi connectivity index (χ2v) is 14.3. The summed E-state index contributed by atoms with van der Waals surface area (Å²) in [5.74, 6) is -0.537. The maximum atomic E-state index is 12.4. The molecule has 0 N–H and O–H groups in total. The summed E-state index contributed by atoms with van der Waals surface area (Å²) in [4.78, 5) is 12.4. The number of benzene rings is 2. The van der Waals surface area contributed by atoms with Gasteiger partial charge in [0.1, 0.15) is 0 Å². The monoisotopic (exact) mass is 564 g/mol. The average Bonchev–Trinajstić information content (AvgIpc) is 2.79. The first-order chi connectivity index (χ1) is 15.2. The number of carbonyl (C=O) groups excluding carboxylic acids is 1. The van der Waals surface area contributed by atoms with Crippen LogP contribution in [0.4, 0.5) is 0 Å². The molecule has 1 heterocycles. The first-order valence-electron chi connectivity index (χ1n) is 11.1. The number of ether oxygens (including phenoxy) is 2. The van der Waals surface area contributed by atoms with E-state index in [4.69, 9.17) is 13.9 Å². The van der Waals surface area contributed by atoms with E-state index in [1.807, 2.05) is 30.1 Å². The van der Waals surface area contributed by atoms with Crippen LogP contribution in [0, 0.1) is 5.92 Å². The fourth-order valence-electron chi connectivity index (χ4n) is 4.33. The molecular formula is C26H33IO4Si.